The van der Waals surface area contributed by atoms with Crippen LogP contribution in [0, 0.1) is 5.92 Å². The molecule has 3 nitrogen and oxygen atoms in total. The van der Waals surface area contributed by atoms with Crippen LogP contribution in [0.3, 0.4) is 0 Å². The van der Waals surface area contributed by atoms with Crippen LogP contribution in [0.1, 0.15) is 40.0 Å². The van der Waals surface area contributed by atoms with Crippen LogP contribution in [0.15, 0.2) is 30.5 Å². The van der Waals surface area contributed by atoms with E-state index in [4.69, 9.17) is 0 Å². The largest absolute Gasteiger partial charge is 0.347 e. The van der Waals surface area contributed by atoms with Gasteiger partial charge in [0, 0.05) is 35.8 Å². The van der Waals surface area contributed by atoms with E-state index in [2.05, 4.69) is 55.1 Å². The Bertz CT molecular complexity index is 584. The molecule has 1 N–H and O–H groups in total. The highest BCUT2D eigenvalue weighted by Crippen LogP contribution is 2.21. The number of amides is 1. The van der Waals surface area contributed by atoms with E-state index >= 15 is 0 Å². The first-order valence-electron chi connectivity index (χ1n) is 7.49. The molecular formula is C17H24N2O. The van der Waals surface area contributed by atoms with Crippen LogP contribution < -0.4 is 5.32 Å². The number of benzene rings is 1. The van der Waals surface area contributed by atoms with Crippen LogP contribution in [-0.2, 0) is 11.3 Å². The lowest BCUT2D eigenvalue weighted by atomic mass is 10.1. The van der Waals surface area contributed by atoms with Gasteiger partial charge in [0.15, 0.2) is 0 Å². The molecule has 1 aromatic carbocycles. The number of rotatable bonds is 6. The van der Waals surface area contributed by atoms with E-state index in [1.807, 2.05) is 6.07 Å². The molecule has 0 atom stereocenters. The van der Waals surface area contributed by atoms with Gasteiger partial charge in [-0.3, -0.25) is 4.79 Å². The molecule has 2 aromatic rings. The second kappa shape index (κ2) is 6.60. The monoisotopic (exact) mass is 272 g/mol. The van der Waals surface area contributed by atoms with Crippen molar-refractivity contribution in [2.24, 2.45) is 5.92 Å². The molecule has 0 radical (unpaired) electrons. The molecule has 0 saturated heterocycles. The smallest absolute Gasteiger partial charge is 0.224 e. The van der Waals surface area contributed by atoms with Crippen molar-refractivity contribution in [3.05, 3.63) is 30.5 Å². The predicted molar refractivity (Wildman–Crippen MR) is 84.9 cm³/mol. The molecule has 0 saturated carbocycles. The summed E-state index contributed by atoms with van der Waals surface area (Å²) in [5, 5.41) is 4.16. The second-order valence-electron chi connectivity index (χ2n) is 5.76. The maximum absolute atomic E-state index is 11.8. The highest BCUT2D eigenvalue weighted by molar-refractivity contribution is 5.93. The van der Waals surface area contributed by atoms with Crippen LogP contribution >= 0.6 is 0 Å². The van der Waals surface area contributed by atoms with Crippen LogP contribution in [0.4, 0.5) is 5.69 Å². The summed E-state index contributed by atoms with van der Waals surface area (Å²) in [5.74, 6) is 0.664. The van der Waals surface area contributed by atoms with Crippen molar-refractivity contribution in [2.45, 2.75) is 46.6 Å². The third-order valence-corrected chi connectivity index (χ3v) is 3.47. The maximum atomic E-state index is 11.8. The third-order valence-electron chi connectivity index (χ3n) is 3.47. The molecule has 3 heteroatoms. The summed E-state index contributed by atoms with van der Waals surface area (Å²) in [6, 6.07) is 8.23. The standard InChI is InChI=1S/C17H24N2O/c1-4-10-19-11-9-14-12-15(6-7-16(14)19)18-17(20)8-5-13(2)3/h6-7,9,11-13H,4-5,8,10H2,1-3H3,(H,18,20). The van der Waals surface area contributed by atoms with Gasteiger partial charge in [-0.05, 0) is 43.0 Å². The fourth-order valence-corrected chi connectivity index (χ4v) is 2.36. The Morgan fingerprint density at radius 1 is 1.30 bits per heavy atom. The maximum Gasteiger partial charge on any atom is 0.224 e. The highest BCUT2D eigenvalue weighted by Gasteiger charge is 2.06. The number of hydrogen-bond acceptors (Lipinski definition) is 1. The van der Waals surface area contributed by atoms with E-state index in [-0.39, 0.29) is 5.91 Å². The van der Waals surface area contributed by atoms with E-state index in [0.29, 0.717) is 12.3 Å². The summed E-state index contributed by atoms with van der Waals surface area (Å²) >= 11 is 0. The summed E-state index contributed by atoms with van der Waals surface area (Å²) < 4.78 is 2.25. The number of anilines is 1. The molecule has 20 heavy (non-hydrogen) atoms. The van der Waals surface area contributed by atoms with Gasteiger partial charge >= 0.3 is 0 Å². The zero-order valence-corrected chi connectivity index (χ0v) is 12.6. The number of fused-ring (bicyclic) bond motifs is 1. The zero-order chi connectivity index (χ0) is 14.5. The van der Waals surface area contributed by atoms with Crippen LogP contribution in [0.5, 0.6) is 0 Å². The van der Waals surface area contributed by atoms with Gasteiger partial charge in [0.25, 0.3) is 0 Å². The van der Waals surface area contributed by atoms with Crippen molar-refractivity contribution in [3.8, 4) is 0 Å². The molecule has 0 aliphatic carbocycles. The molecule has 0 spiro atoms. The summed E-state index contributed by atoms with van der Waals surface area (Å²) in [5.41, 5.74) is 2.12. The fraction of sp³-hybridized carbons (Fsp3) is 0.471. The van der Waals surface area contributed by atoms with E-state index in [0.717, 1.165) is 25.1 Å². The molecule has 1 amide bonds. The highest BCUT2D eigenvalue weighted by atomic mass is 16.1. The van der Waals surface area contributed by atoms with E-state index in [1.54, 1.807) is 0 Å². The molecule has 0 aliphatic rings. The molecule has 0 bridgehead atoms. The third kappa shape index (κ3) is 3.62. The van der Waals surface area contributed by atoms with Crippen molar-refractivity contribution < 1.29 is 4.79 Å². The van der Waals surface area contributed by atoms with Gasteiger partial charge in [-0.15, -0.1) is 0 Å². The van der Waals surface area contributed by atoms with Gasteiger partial charge in [-0.25, -0.2) is 0 Å². The average Bonchev–Trinajstić information content (AvgIpc) is 2.80. The lowest BCUT2D eigenvalue weighted by molar-refractivity contribution is -0.116. The van der Waals surface area contributed by atoms with Gasteiger partial charge in [0.05, 0.1) is 0 Å². The first-order valence-corrected chi connectivity index (χ1v) is 7.49. The van der Waals surface area contributed by atoms with E-state index in [1.165, 1.54) is 10.9 Å². The number of carbonyl (C=O) groups is 1. The Hall–Kier alpha value is -1.77. The van der Waals surface area contributed by atoms with Crippen molar-refractivity contribution in [2.75, 3.05) is 5.32 Å². The number of hydrogen-bond donors (Lipinski definition) is 1. The molecule has 1 aromatic heterocycles. The molecule has 0 unspecified atom stereocenters. The zero-order valence-electron chi connectivity index (χ0n) is 12.6. The molecule has 0 fully saturated rings. The number of carbonyl (C=O) groups excluding carboxylic acids is 1. The molecule has 1 heterocycles. The molecular weight excluding hydrogens is 248 g/mol. The van der Waals surface area contributed by atoms with Crippen molar-refractivity contribution >= 4 is 22.5 Å². The van der Waals surface area contributed by atoms with E-state index < -0.39 is 0 Å². The Balaban J connectivity index is 2.06. The predicted octanol–water partition coefficient (Wildman–Crippen LogP) is 4.43. The minimum atomic E-state index is 0.103. The summed E-state index contributed by atoms with van der Waals surface area (Å²) in [6.45, 7) is 7.48. The molecule has 108 valence electrons. The minimum Gasteiger partial charge on any atom is -0.347 e. The number of aryl methyl sites for hydroxylation is 1. The summed E-state index contributed by atoms with van der Waals surface area (Å²) in [6.07, 6.45) is 4.75. The first kappa shape index (κ1) is 14.6. The van der Waals surface area contributed by atoms with Gasteiger partial charge < -0.3 is 9.88 Å². The molecule has 0 aliphatic heterocycles. The van der Waals surface area contributed by atoms with Crippen molar-refractivity contribution in [1.82, 2.24) is 4.57 Å². The Labute approximate surface area is 121 Å². The summed E-state index contributed by atoms with van der Waals surface area (Å²) in [4.78, 5) is 11.8. The quantitative estimate of drug-likeness (QED) is 0.829. The van der Waals surface area contributed by atoms with Crippen LogP contribution in [0.2, 0.25) is 0 Å². The fourth-order valence-electron chi connectivity index (χ4n) is 2.36. The van der Waals surface area contributed by atoms with Crippen LogP contribution in [0.25, 0.3) is 10.9 Å². The number of nitrogens with zero attached hydrogens (tertiary/aromatic N) is 1. The lowest BCUT2D eigenvalue weighted by Gasteiger charge is -2.08. The Kier molecular flexibility index (Phi) is 4.83. The Morgan fingerprint density at radius 2 is 2.10 bits per heavy atom. The Morgan fingerprint density at radius 3 is 2.80 bits per heavy atom. The van der Waals surface area contributed by atoms with Crippen molar-refractivity contribution in [3.63, 3.8) is 0 Å². The lowest BCUT2D eigenvalue weighted by Crippen LogP contribution is -2.12. The normalized spacial score (nSPS) is 11.2. The number of nitrogens with one attached hydrogen (secondary N) is 1. The topological polar surface area (TPSA) is 34.0 Å². The summed E-state index contributed by atoms with van der Waals surface area (Å²) in [7, 11) is 0. The van der Waals surface area contributed by atoms with Crippen molar-refractivity contribution in [1.29, 1.82) is 0 Å². The molecule has 2 rings (SSSR count). The average molecular weight is 272 g/mol. The van der Waals surface area contributed by atoms with Crippen LogP contribution in [-0.4, -0.2) is 10.5 Å². The minimum absolute atomic E-state index is 0.103. The van der Waals surface area contributed by atoms with Gasteiger partial charge in [0.1, 0.15) is 0 Å². The SMILES string of the molecule is CCCn1ccc2cc(NC(=O)CCC(C)C)ccc21. The van der Waals surface area contributed by atoms with Gasteiger partial charge in [-0.2, -0.15) is 0 Å². The van der Waals surface area contributed by atoms with Gasteiger partial charge in [0.2, 0.25) is 5.91 Å². The number of aromatic nitrogens is 1. The second-order valence-corrected chi connectivity index (χ2v) is 5.76. The van der Waals surface area contributed by atoms with Gasteiger partial charge in [-0.1, -0.05) is 20.8 Å². The van der Waals surface area contributed by atoms with E-state index in [9.17, 15) is 4.79 Å². The first-order chi connectivity index (χ1) is 9.60.